The molecule has 2 aromatic rings. The summed E-state index contributed by atoms with van der Waals surface area (Å²) in [7, 11) is 0. The van der Waals surface area contributed by atoms with Crippen LogP contribution in [0.25, 0.3) is 11.1 Å². The van der Waals surface area contributed by atoms with Crippen LogP contribution in [0, 0.1) is 6.92 Å². The lowest BCUT2D eigenvalue weighted by molar-refractivity contribution is -0.137. The lowest BCUT2D eigenvalue weighted by Crippen LogP contribution is -2.06. The third kappa shape index (κ3) is 3.19. The van der Waals surface area contributed by atoms with Crippen molar-refractivity contribution in [3.8, 4) is 11.1 Å². The minimum absolute atomic E-state index is 0.0118. The maximum atomic E-state index is 12.7. The molecule has 1 N–H and O–H groups in total. The van der Waals surface area contributed by atoms with E-state index < -0.39 is 17.7 Å². The average Bonchev–Trinajstić information content (AvgIpc) is 2.37. The van der Waals surface area contributed by atoms with E-state index in [0.29, 0.717) is 21.7 Å². The Morgan fingerprint density at radius 1 is 1.10 bits per heavy atom. The Morgan fingerprint density at radius 3 is 2.29 bits per heavy atom. The number of hydrogen-bond donors (Lipinski definition) is 1. The van der Waals surface area contributed by atoms with Gasteiger partial charge in [-0.1, -0.05) is 17.7 Å². The van der Waals surface area contributed by atoms with E-state index in [9.17, 15) is 18.0 Å². The molecule has 0 spiro atoms. The first-order chi connectivity index (χ1) is 9.70. The number of benzene rings is 2. The SMILES string of the molecule is Cc1cc(C(F)(F)F)ccc1-c1cc(Cl)ccc1C(=O)O. The van der Waals surface area contributed by atoms with Crippen LogP contribution in [0.3, 0.4) is 0 Å². The number of hydrogen-bond acceptors (Lipinski definition) is 1. The number of aromatic carboxylic acids is 1. The molecule has 0 fully saturated rings. The summed E-state index contributed by atoms with van der Waals surface area (Å²) in [6.07, 6.45) is -4.44. The predicted octanol–water partition coefficient (Wildman–Crippen LogP) is 5.03. The summed E-state index contributed by atoms with van der Waals surface area (Å²) in [4.78, 5) is 11.2. The second-order valence-corrected chi connectivity index (χ2v) is 4.96. The molecule has 2 nitrogen and oxygen atoms in total. The molecule has 0 bridgehead atoms. The molecular formula is C15H10ClF3O2. The molecule has 6 heteroatoms. The smallest absolute Gasteiger partial charge is 0.416 e. The summed E-state index contributed by atoms with van der Waals surface area (Å²) in [5, 5.41) is 9.48. The van der Waals surface area contributed by atoms with Crippen molar-refractivity contribution in [1.29, 1.82) is 0 Å². The predicted molar refractivity (Wildman–Crippen MR) is 73.6 cm³/mol. The van der Waals surface area contributed by atoms with Gasteiger partial charge in [-0.05, 0) is 53.9 Å². The molecular weight excluding hydrogens is 305 g/mol. The van der Waals surface area contributed by atoms with Gasteiger partial charge < -0.3 is 5.11 Å². The molecule has 0 saturated heterocycles. The first-order valence-corrected chi connectivity index (χ1v) is 6.29. The first kappa shape index (κ1) is 15.4. The highest BCUT2D eigenvalue weighted by Gasteiger charge is 2.30. The van der Waals surface area contributed by atoms with Gasteiger partial charge in [0.2, 0.25) is 0 Å². The highest BCUT2D eigenvalue weighted by molar-refractivity contribution is 6.31. The summed E-state index contributed by atoms with van der Waals surface area (Å²) in [6.45, 7) is 1.50. The Hall–Kier alpha value is -2.01. The first-order valence-electron chi connectivity index (χ1n) is 5.91. The number of halogens is 4. The molecule has 0 unspecified atom stereocenters. The molecule has 0 aromatic heterocycles. The third-order valence-electron chi connectivity index (χ3n) is 3.06. The molecule has 0 atom stereocenters. The van der Waals surface area contributed by atoms with Gasteiger partial charge in [0.25, 0.3) is 0 Å². The van der Waals surface area contributed by atoms with Crippen LogP contribution in [0.1, 0.15) is 21.5 Å². The third-order valence-corrected chi connectivity index (χ3v) is 3.29. The van der Waals surface area contributed by atoms with Crippen molar-refractivity contribution in [3.05, 3.63) is 58.1 Å². The highest BCUT2D eigenvalue weighted by atomic mass is 35.5. The van der Waals surface area contributed by atoms with Crippen molar-refractivity contribution in [2.24, 2.45) is 0 Å². The molecule has 0 aliphatic rings. The molecule has 0 aliphatic carbocycles. The Labute approximate surface area is 123 Å². The summed E-state index contributed by atoms with van der Waals surface area (Å²) in [5.41, 5.74) is 0.239. The van der Waals surface area contributed by atoms with Crippen LogP contribution in [-0.2, 0) is 6.18 Å². The highest BCUT2D eigenvalue weighted by Crippen LogP contribution is 2.35. The Morgan fingerprint density at radius 2 is 1.76 bits per heavy atom. The number of carboxylic acid groups (broad SMARTS) is 1. The average molecular weight is 315 g/mol. The van der Waals surface area contributed by atoms with E-state index in [0.717, 1.165) is 12.1 Å². The van der Waals surface area contributed by atoms with Gasteiger partial charge in [0.05, 0.1) is 11.1 Å². The normalized spacial score (nSPS) is 11.5. The molecule has 0 radical (unpaired) electrons. The second kappa shape index (κ2) is 5.41. The minimum atomic E-state index is -4.44. The van der Waals surface area contributed by atoms with Gasteiger partial charge in [0.15, 0.2) is 0 Å². The van der Waals surface area contributed by atoms with Crippen molar-refractivity contribution in [3.63, 3.8) is 0 Å². The van der Waals surface area contributed by atoms with Crippen LogP contribution in [0.2, 0.25) is 5.02 Å². The van der Waals surface area contributed by atoms with E-state index in [1.54, 1.807) is 0 Å². The summed E-state index contributed by atoms with van der Waals surface area (Å²) in [5.74, 6) is -1.17. The van der Waals surface area contributed by atoms with E-state index in [-0.39, 0.29) is 5.56 Å². The van der Waals surface area contributed by atoms with Crippen molar-refractivity contribution in [2.75, 3.05) is 0 Å². The van der Waals surface area contributed by atoms with Gasteiger partial charge in [-0.3, -0.25) is 0 Å². The van der Waals surface area contributed by atoms with Crippen LogP contribution in [-0.4, -0.2) is 11.1 Å². The molecule has 21 heavy (non-hydrogen) atoms. The molecule has 110 valence electrons. The molecule has 2 rings (SSSR count). The maximum Gasteiger partial charge on any atom is 0.416 e. The van der Waals surface area contributed by atoms with Crippen LogP contribution in [0.4, 0.5) is 13.2 Å². The van der Waals surface area contributed by atoms with Gasteiger partial charge >= 0.3 is 12.1 Å². The number of aryl methyl sites for hydroxylation is 1. The standard InChI is InChI=1S/C15H10ClF3O2/c1-8-6-9(15(17,18)19)2-4-11(8)13-7-10(16)3-5-12(13)14(20)21/h2-7H,1H3,(H,20,21). The number of rotatable bonds is 2. The van der Waals surface area contributed by atoms with Crippen LogP contribution < -0.4 is 0 Å². The fourth-order valence-electron chi connectivity index (χ4n) is 2.07. The van der Waals surface area contributed by atoms with Crippen molar-refractivity contribution < 1.29 is 23.1 Å². The van der Waals surface area contributed by atoms with Gasteiger partial charge in [-0.25, -0.2) is 4.79 Å². The molecule has 2 aromatic carbocycles. The quantitative estimate of drug-likeness (QED) is 0.844. The van der Waals surface area contributed by atoms with Crippen molar-refractivity contribution >= 4 is 17.6 Å². The van der Waals surface area contributed by atoms with Gasteiger partial charge in [0, 0.05) is 5.02 Å². The second-order valence-electron chi connectivity index (χ2n) is 4.52. The zero-order chi connectivity index (χ0) is 15.8. The number of alkyl halides is 3. The van der Waals surface area contributed by atoms with Gasteiger partial charge in [-0.2, -0.15) is 13.2 Å². The lowest BCUT2D eigenvalue weighted by Gasteiger charge is -2.13. The number of carboxylic acids is 1. The molecule has 0 aliphatic heterocycles. The maximum absolute atomic E-state index is 12.7. The summed E-state index contributed by atoms with van der Waals surface area (Å²) < 4.78 is 38.0. The Balaban J connectivity index is 2.63. The van der Waals surface area contributed by atoms with Crippen molar-refractivity contribution in [2.45, 2.75) is 13.1 Å². The Bertz CT molecular complexity index is 709. The number of carbonyl (C=O) groups is 1. The minimum Gasteiger partial charge on any atom is -0.478 e. The Kier molecular flexibility index (Phi) is 3.96. The van der Waals surface area contributed by atoms with Crippen LogP contribution in [0.5, 0.6) is 0 Å². The van der Waals surface area contributed by atoms with Gasteiger partial charge in [-0.15, -0.1) is 0 Å². The largest absolute Gasteiger partial charge is 0.478 e. The zero-order valence-electron chi connectivity index (χ0n) is 10.8. The van der Waals surface area contributed by atoms with E-state index in [1.807, 2.05) is 0 Å². The summed E-state index contributed by atoms with van der Waals surface area (Å²) >= 11 is 5.85. The van der Waals surface area contributed by atoms with Gasteiger partial charge in [0.1, 0.15) is 0 Å². The monoisotopic (exact) mass is 314 g/mol. The fraction of sp³-hybridized carbons (Fsp3) is 0.133. The fourth-order valence-corrected chi connectivity index (χ4v) is 2.24. The molecule has 0 heterocycles. The van der Waals surface area contributed by atoms with Crippen LogP contribution in [0.15, 0.2) is 36.4 Å². The summed E-state index contributed by atoms with van der Waals surface area (Å²) in [6, 6.07) is 7.36. The van der Waals surface area contributed by atoms with E-state index >= 15 is 0 Å². The van der Waals surface area contributed by atoms with E-state index in [4.69, 9.17) is 16.7 Å². The van der Waals surface area contributed by atoms with E-state index in [2.05, 4.69) is 0 Å². The van der Waals surface area contributed by atoms with E-state index in [1.165, 1.54) is 31.2 Å². The lowest BCUT2D eigenvalue weighted by atomic mass is 9.94. The topological polar surface area (TPSA) is 37.3 Å². The van der Waals surface area contributed by atoms with Crippen LogP contribution >= 0.6 is 11.6 Å². The molecule has 0 amide bonds. The molecule has 0 saturated carbocycles. The zero-order valence-corrected chi connectivity index (χ0v) is 11.6. The van der Waals surface area contributed by atoms with Crippen molar-refractivity contribution in [1.82, 2.24) is 0 Å².